The van der Waals surface area contributed by atoms with Crippen LogP contribution in [0.25, 0.3) is 0 Å². The predicted molar refractivity (Wildman–Crippen MR) is 59.8 cm³/mol. The van der Waals surface area contributed by atoms with Crippen LogP contribution in [0, 0.1) is 0 Å². The Balaban J connectivity index is 2.07. The molecule has 1 heterocycles. The number of rotatable bonds is 2. The summed E-state index contributed by atoms with van der Waals surface area (Å²) in [4.78, 5) is 0. The molecule has 0 aliphatic carbocycles. The molecule has 0 unspecified atom stereocenters. The van der Waals surface area contributed by atoms with E-state index in [-0.39, 0.29) is 6.61 Å². The monoisotopic (exact) mass is 260 g/mol. The summed E-state index contributed by atoms with van der Waals surface area (Å²) in [5.41, 5.74) is 0. The second kappa shape index (κ2) is 5.20. The second-order valence-corrected chi connectivity index (χ2v) is 4.21. The first-order valence-electron chi connectivity index (χ1n) is 5.16. The molecule has 1 aliphatic rings. The van der Waals surface area contributed by atoms with Gasteiger partial charge < -0.3 is 24.8 Å². The van der Waals surface area contributed by atoms with Gasteiger partial charge in [-0.25, -0.2) is 0 Å². The van der Waals surface area contributed by atoms with Gasteiger partial charge in [0.2, 0.25) is 6.29 Å². The highest BCUT2D eigenvalue weighted by Crippen LogP contribution is 2.27. The van der Waals surface area contributed by atoms with E-state index in [1.54, 1.807) is 24.3 Å². The Hall–Kier alpha value is -0.850. The quantitative estimate of drug-likeness (QED) is 0.706. The Morgan fingerprint density at radius 3 is 2.59 bits per heavy atom. The topological polar surface area (TPSA) is 79.2 Å². The zero-order valence-corrected chi connectivity index (χ0v) is 9.62. The Kier molecular flexibility index (Phi) is 3.86. The minimum Gasteiger partial charge on any atom is -0.460 e. The molecule has 1 fully saturated rings. The lowest BCUT2D eigenvalue weighted by atomic mass is 10.1. The van der Waals surface area contributed by atoms with Crippen LogP contribution in [0.5, 0.6) is 5.75 Å². The molecule has 0 radical (unpaired) electrons. The smallest absolute Gasteiger partial charge is 0.228 e. The fraction of sp³-hybridized carbons (Fsp3) is 0.455. The van der Waals surface area contributed by atoms with Crippen molar-refractivity contribution in [2.45, 2.75) is 24.6 Å². The van der Waals surface area contributed by atoms with Crippen molar-refractivity contribution in [1.29, 1.82) is 0 Å². The summed E-state index contributed by atoms with van der Waals surface area (Å²) in [7, 11) is 0. The summed E-state index contributed by atoms with van der Waals surface area (Å²) in [5, 5.41) is 28.8. The highest BCUT2D eigenvalue weighted by atomic mass is 35.5. The predicted octanol–water partition coefficient (Wildman–Crippen LogP) is 0.158. The average Bonchev–Trinajstić information content (AvgIpc) is 2.32. The van der Waals surface area contributed by atoms with Gasteiger partial charge in [0.1, 0.15) is 24.1 Å². The number of hydrogen-bond acceptors (Lipinski definition) is 5. The van der Waals surface area contributed by atoms with Crippen molar-refractivity contribution in [3.8, 4) is 5.75 Å². The van der Waals surface area contributed by atoms with Crippen molar-refractivity contribution in [1.82, 2.24) is 0 Å². The largest absolute Gasteiger partial charge is 0.460 e. The Labute approximate surface area is 103 Å². The van der Waals surface area contributed by atoms with E-state index < -0.39 is 24.6 Å². The number of ether oxygens (including phenoxy) is 2. The van der Waals surface area contributed by atoms with Gasteiger partial charge in [-0.1, -0.05) is 23.7 Å². The van der Waals surface area contributed by atoms with E-state index >= 15 is 0 Å². The number of aliphatic hydroxyl groups is 3. The number of hydrogen-bond donors (Lipinski definition) is 3. The third-order valence-electron chi connectivity index (χ3n) is 2.53. The molecule has 0 amide bonds. The first kappa shape index (κ1) is 12.6. The van der Waals surface area contributed by atoms with Gasteiger partial charge in [0, 0.05) is 0 Å². The lowest BCUT2D eigenvalue weighted by Crippen LogP contribution is -2.54. The number of halogens is 1. The fourth-order valence-electron chi connectivity index (χ4n) is 1.55. The Bertz CT molecular complexity index is 386. The summed E-state index contributed by atoms with van der Waals surface area (Å²) in [6.07, 6.45) is -4.78. The number of aliphatic hydroxyl groups excluding tert-OH is 3. The molecule has 5 nitrogen and oxygen atoms in total. The molecule has 0 saturated carbocycles. The zero-order chi connectivity index (χ0) is 12.4. The van der Waals surface area contributed by atoms with Crippen molar-refractivity contribution in [2.24, 2.45) is 0 Å². The Morgan fingerprint density at radius 1 is 1.18 bits per heavy atom. The standard InChI is InChI=1S/C11H13ClO5/c12-6-3-1-2-4-8(6)17-11-10(15)9(14)7(13)5-16-11/h1-4,7,9-11,13-15H,5H2/t7-,9+,10-,11+/m1/s1. The van der Waals surface area contributed by atoms with Crippen molar-refractivity contribution < 1.29 is 24.8 Å². The van der Waals surface area contributed by atoms with Gasteiger partial charge in [-0.3, -0.25) is 0 Å². The molecule has 3 N–H and O–H groups in total. The van der Waals surface area contributed by atoms with Crippen LogP contribution in [0.3, 0.4) is 0 Å². The van der Waals surface area contributed by atoms with Crippen LogP contribution in [0.2, 0.25) is 5.02 Å². The molecule has 1 aromatic rings. The normalized spacial score (nSPS) is 33.4. The van der Waals surface area contributed by atoms with Gasteiger partial charge >= 0.3 is 0 Å². The molecule has 1 aliphatic heterocycles. The molecule has 4 atom stereocenters. The summed E-state index contributed by atoms with van der Waals surface area (Å²) in [6, 6.07) is 6.72. The van der Waals surface area contributed by atoms with Crippen molar-refractivity contribution in [2.75, 3.05) is 6.61 Å². The van der Waals surface area contributed by atoms with Crippen molar-refractivity contribution in [3.05, 3.63) is 29.3 Å². The average molecular weight is 261 g/mol. The van der Waals surface area contributed by atoms with Crippen molar-refractivity contribution >= 4 is 11.6 Å². The molecule has 0 aromatic heterocycles. The van der Waals surface area contributed by atoms with Crippen LogP contribution in [-0.2, 0) is 4.74 Å². The van der Waals surface area contributed by atoms with Gasteiger partial charge in [-0.15, -0.1) is 0 Å². The van der Waals surface area contributed by atoms with E-state index in [2.05, 4.69) is 0 Å². The summed E-state index contributed by atoms with van der Waals surface area (Å²) in [5.74, 6) is 0.349. The van der Waals surface area contributed by atoms with Crippen LogP contribution < -0.4 is 4.74 Å². The third kappa shape index (κ3) is 2.70. The van der Waals surface area contributed by atoms with E-state index in [0.29, 0.717) is 10.8 Å². The van der Waals surface area contributed by atoms with Gasteiger partial charge in [0.15, 0.2) is 0 Å². The number of para-hydroxylation sites is 1. The maximum Gasteiger partial charge on any atom is 0.228 e. The van der Waals surface area contributed by atoms with E-state index in [1.807, 2.05) is 0 Å². The Morgan fingerprint density at radius 2 is 1.88 bits per heavy atom. The minimum absolute atomic E-state index is 0.104. The van der Waals surface area contributed by atoms with Crippen LogP contribution in [0.4, 0.5) is 0 Å². The van der Waals surface area contributed by atoms with E-state index in [9.17, 15) is 15.3 Å². The van der Waals surface area contributed by atoms with Gasteiger partial charge in [0.05, 0.1) is 11.6 Å². The van der Waals surface area contributed by atoms with Crippen LogP contribution in [0.1, 0.15) is 0 Å². The summed E-state index contributed by atoms with van der Waals surface area (Å²) >= 11 is 5.88. The summed E-state index contributed by atoms with van der Waals surface area (Å²) in [6.45, 7) is -0.104. The van der Waals surface area contributed by atoms with E-state index in [0.717, 1.165) is 0 Å². The first-order valence-corrected chi connectivity index (χ1v) is 5.54. The van der Waals surface area contributed by atoms with Crippen LogP contribution in [-0.4, -0.2) is 46.5 Å². The third-order valence-corrected chi connectivity index (χ3v) is 2.85. The molecule has 94 valence electrons. The molecule has 17 heavy (non-hydrogen) atoms. The second-order valence-electron chi connectivity index (χ2n) is 3.80. The molecule has 6 heteroatoms. The molecule has 1 aromatic carbocycles. The molecular formula is C11H13ClO5. The molecule has 2 rings (SSSR count). The molecule has 0 bridgehead atoms. The number of benzene rings is 1. The lowest BCUT2D eigenvalue weighted by Gasteiger charge is -2.35. The summed E-state index contributed by atoms with van der Waals surface area (Å²) < 4.78 is 10.4. The van der Waals surface area contributed by atoms with E-state index in [1.165, 1.54) is 0 Å². The molecule has 1 saturated heterocycles. The maximum atomic E-state index is 9.66. The van der Waals surface area contributed by atoms with Gasteiger partial charge in [0.25, 0.3) is 0 Å². The van der Waals surface area contributed by atoms with Gasteiger partial charge in [-0.05, 0) is 12.1 Å². The van der Waals surface area contributed by atoms with E-state index in [4.69, 9.17) is 21.1 Å². The van der Waals surface area contributed by atoms with Crippen molar-refractivity contribution in [3.63, 3.8) is 0 Å². The highest BCUT2D eigenvalue weighted by molar-refractivity contribution is 6.32. The molecule has 0 spiro atoms. The van der Waals surface area contributed by atoms with Crippen LogP contribution >= 0.6 is 11.6 Å². The minimum atomic E-state index is -1.32. The molecular weight excluding hydrogens is 248 g/mol. The fourth-order valence-corrected chi connectivity index (χ4v) is 1.73. The van der Waals surface area contributed by atoms with Crippen LogP contribution in [0.15, 0.2) is 24.3 Å². The highest BCUT2D eigenvalue weighted by Gasteiger charge is 2.39. The maximum absolute atomic E-state index is 9.66. The van der Waals surface area contributed by atoms with Gasteiger partial charge in [-0.2, -0.15) is 0 Å². The SMILES string of the molecule is O[C@@H]1[C@@H](O)[C@H](Oc2ccccc2Cl)OC[C@H]1O. The lowest BCUT2D eigenvalue weighted by molar-refractivity contribution is -0.242. The zero-order valence-electron chi connectivity index (χ0n) is 8.86. The first-order chi connectivity index (χ1) is 8.09.